The Morgan fingerprint density at radius 1 is 1.19 bits per heavy atom. The number of hydrogen-bond acceptors (Lipinski definition) is 3. The van der Waals surface area contributed by atoms with Gasteiger partial charge in [0.15, 0.2) is 5.96 Å². The van der Waals surface area contributed by atoms with Crippen LogP contribution in [0, 0.1) is 0 Å². The molecule has 1 amide bonds. The molecule has 1 saturated heterocycles. The fraction of sp³-hybridized carbons (Fsp3) is 0.619. The van der Waals surface area contributed by atoms with Gasteiger partial charge in [-0.25, -0.2) is 0 Å². The summed E-state index contributed by atoms with van der Waals surface area (Å²) in [6, 6.07) is 7.74. The zero-order chi connectivity index (χ0) is 19.7. The van der Waals surface area contributed by atoms with E-state index in [-0.39, 0.29) is 11.4 Å². The standard InChI is InChI=1S/C21H35N5O/c1-21(2,26-13-6-5-7-14-26)16-25-20(23-4)24-12-11-17-9-8-10-18(15-17)19(27)22-3/h8-10,15H,5-7,11-14,16H2,1-4H3,(H,22,27)(H2,23,24,25). The maximum Gasteiger partial charge on any atom is 0.251 e. The zero-order valence-corrected chi connectivity index (χ0v) is 17.3. The Balaban J connectivity index is 1.79. The highest BCUT2D eigenvalue weighted by atomic mass is 16.1. The highest BCUT2D eigenvalue weighted by molar-refractivity contribution is 5.94. The van der Waals surface area contributed by atoms with Crippen LogP contribution in [0.15, 0.2) is 29.3 Å². The van der Waals surface area contributed by atoms with E-state index in [1.165, 1.54) is 32.4 Å². The van der Waals surface area contributed by atoms with Crippen LogP contribution in [0.2, 0.25) is 0 Å². The lowest BCUT2D eigenvalue weighted by Gasteiger charge is -2.41. The van der Waals surface area contributed by atoms with Gasteiger partial charge in [0.05, 0.1) is 0 Å². The van der Waals surface area contributed by atoms with Crippen LogP contribution in [0.4, 0.5) is 0 Å². The number of likely N-dealkylation sites (tertiary alicyclic amines) is 1. The quantitative estimate of drug-likeness (QED) is 0.505. The Labute approximate surface area is 163 Å². The number of amides is 1. The van der Waals surface area contributed by atoms with Gasteiger partial charge in [0.25, 0.3) is 5.91 Å². The van der Waals surface area contributed by atoms with Crippen molar-refractivity contribution in [2.45, 2.75) is 45.1 Å². The van der Waals surface area contributed by atoms with Crippen LogP contribution < -0.4 is 16.0 Å². The lowest BCUT2D eigenvalue weighted by molar-refractivity contribution is 0.0962. The molecular formula is C21H35N5O. The summed E-state index contributed by atoms with van der Waals surface area (Å²) in [5, 5.41) is 9.50. The SMILES string of the molecule is CN=C(NCCc1cccc(C(=O)NC)c1)NCC(C)(C)N1CCCCC1. The van der Waals surface area contributed by atoms with Gasteiger partial charge in [-0.3, -0.25) is 14.7 Å². The summed E-state index contributed by atoms with van der Waals surface area (Å²) in [5.74, 6) is 0.768. The van der Waals surface area contributed by atoms with Crippen molar-refractivity contribution >= 4 is 11.9 Å². The predicted molar refractivity (Wildman–Crippen MR) is 112 cm³/mol. The molecule has 1 aromatic rings. The molecule has 0 radical (unpaired) electrons. The van der Waals surface area contributed by atoms with E-state index in [1.54, 1.807) is 14.1 Å². The van der Waals surface area contributed by atoms with E-state index in [2.05, 4.69) is 39.7 Å². The molecule has 1 fully saturated rings. The average Bonchev–Trinajstić information content (AvgIpc) is 2.70. The minimum absolute atomic E-state index is 0.0535. The highest BCUT2D eigenvalue weighted by Gasteiger charge is 2.27. The van der Waals surface area contributed by atoms with Gasteiger partial charge in [-0.1, -0.05) is 18.6 Å². The molecule has 1 aromatic carbocycles. The van der Waals surface area contributed by atoms with Gasteiger partial charge in [-0.2, -0.15) is 0 Å². The van der Waals surface area contributed by atoms with Crippen LogP contribution in [-0.4, -0.2) is 62.6 Å². The molecule has 0 unspecified atom stereocenters. The molecule has 0 spiro atoms. The molecule has 6 heteroatoms. The number of hydrogen-bond donors (Lipinski definition) is 3. The topological polar surface area (TPSA) is 68.8 Å². The number of rotatable bonds is 7. The van der Waals surface area contributed by atoms with Gasteiger partial charge < -0.3 is 16.0 Å². The Hall–Kier alpha value is -2.08. The van der Waals surface area contributed by atoms with Crippen molar-refractivity contribution in [3.8, 4) is 0 Å². The van der Waals surface area contributed by atoms with Crippen molar-refractivity contribution < 1.29 is 4.79 Å². The lowest BCUT2D eigenvalue weighted by atomic mass is 9.98. The first kappa shape index (κ1) is 21.2. The summed E-state index contributed by atoms with van der Waals surface area (Å²) >= 11 is 0. The Kier molecular flexibility index (Phi) is 8.10. The summed E-state index contributed by atoms with van der Waals surface area (Å²) in [7, 11) is 3.45. The van der Waals surface area contributed by atoms with E-state index in [0.717, 1.165) is 31.0 Å². The van der Waals surface area contributed by atoms with Gasteiger partial charge in [0, 0.05) is 38.3 Å². The average molecular weight is 374 g/mol. The second kappa shape index (κ2) is 10.3. The number of aliphatic imine (C=N–C) groups is 1. The molecule has 150 valence electrons. The number of nitrogens with zero attached hydrogens (tertiary/aromatic N) is 2. The maximum absolute atomic E-state index is 11.7. The third kappa shape index (κ3) is 6.54. The first-order chi connectivity index (χ1) is 13.0. The molecule has 2 rings (SSSR count). The summed E-state index contributed by atoms with van der Waals surface area (Å²) < 4.78 is 0. The lowest BCUT2D eigenvalue weighted by Crippen LogP contribution is -2.55. The number of carbonyl (C=O) groups is 1. The second-order valence-electron chi connectivity index (χ2n) is 7.74. The third-order valence-corrected chi connectivity index (χ3v) is 5.25. The van der Waals surface area contributed by atoms with Crippen molar-refractivity contribution in [1.82, 2.24) is 20.9 Å². The van der Waals surface area contributed by atoms with Gasteiger partial charge in [0.1, 0.15) is 0 Å². The molecule has 0 aromatic heterocycles. The van der Waals surface area contributed by atoms with Gasteiger partial charge in [0.2, 0.25) is 0 Å². The normalized spacial score (nSPS) is 16.1. The summed E-state index contributed by atoms with van der Waals surface area (Å²) in [5.41, 5.74) is 1.94. The van der Waals surface area contributed by atoms with Gasteiger partial charge >= 0.3 is 0 Å². The van der Waals surface area contributed by atoms with Gasteiger partial charge in [-0.15, -0.1) is 0 Å². The van der Waals surface area contributed by atoms with Crippen LogP contribution in [0.3, 0.4) is 0 Å². The highest BCUT2D eigenvalue weighted by Crippen LogP contribution is 2.19. The molecule has 1 heterocycles. The van der Waals surface area contributed by atoms with Crippen LogP contribution in [-0.2, 0) is 6.42 Å². The van der Waals surface area contributed by atoms with Crippen molar-refractivity contribution in [3.05, 3.63) is 35.4 Å². The zero-order valence-electron chi connectivity index (χ0n) is 17.3. The molecule has 0 saturated carbocycles. The molecule has 1 aliphatic heterocycles. The number of nitrogens with one attached hydrogen (secondary N) is 3. The molecule has 6 nitrogen and oxygen atoms in total. The van der Waals surface area contributed by atoms with E-state index in [9.17, 15) is 4.79 Å². The minimum Gasteiger partial charge on any atom is -0.356 e. The number of piperidine rings is 1. The molecule has 0 atom stereocenters. The van der Waals surface area contributed by atoms with Crippen LogP contribution >= 0.6 is 0 Å². The number of carbonyl (C=O) groups excluding carboxylic acids is 1. The molecule has 3 N–H and O–H groups in total. The minimum atomic E-state index is -0.0535. The third-order valence-electron chi connectivity index (χ3n) is 5.25. The van der Waals surface area contributed by atoms with Crippen molar-refractivity contribution in [1.29, 1.82) is 0 Å². The smallest absolute Gasteiger partial charge is 0.251 e. The van der Waals surface area contributed by atoms with Crippen LogP contribution in [0.25, 0.3) is 0 Å². The largest absolute Gasteiger partial charge is 0.356 e. The molecule has 1 aliphatic rings. The second-order valence-corrected chi connectivity index (χ2v) is 7.74. The molecule has 27 heavy (non-hydrogen) atoms. The monoisotopic (exact) mass is 373 g/mol. The number of benzene rings is 1. The van der Waals surface area contributed by atoms with E-state index >= 15 is 0 Å². The van der Waals surface area contributed by atoms with Gasteiger partial charge in [-0.05, 0) is 63.9 Å². The van der Waals surface area contributed by atoms with E-state index < -0.39 is 0 Å². The summed E-state index contributed by atoms with van der Waals surface area (Å²) in [6.45, 7) is 8.58. The van der Waals surface area contributed by atoms with Crippen LogP contribution in [0.1, 0.15) is 49.0 Å². The van der Waals surface area contributed by atoms with Crippen molar-refractivity contribution in [2.75, 3.05) is 40.3 Å². The Bertz CT molecular complexity index is 635. The van der Waals surface area contributed by atoms with Crippen molar-refractivity contribution in [3.63, 3.8) is 0 Å². The molecule has 0 bridgehead atoms. The maximum atomic E-state index is 11.7. The Morgan fingerprint density at radius 3 is 2.59 bits per heavy atom. The molecule has 0 aliphatic carbocycles. The van der Waals surface area contributed by atoms with Crippen LogP contribution in [0.5, 0.6) is 0 Å². The fourth-order valence-corrected chi connectivity index (χ4v) is 3.47. The fourth-order valence-electron chi connectivity index (χ4n) is 3.47. The summed E-state index contributed by atoms with van der Waals surface area (Å²) in [4.78, 5) is 18.7. The summed E-state index contributed by atoms with van der Waals surface area (Å²) in [6.07, 6.45) is 4.78. The first-order valence-electron chi connectivity index (χ1n) is 9.97. The molecular weight excluding hydrogens is 338 g/mol. The Morgan fingerprint density at radius 2 is 1.93 bits per heavy atom. The van der Waals surface area contributed by atoms with E-state index in [1.807, 2.05) is 24.3 Å². The predicted octanol–water partition coefficient (Wildman–Crippen LogP) is 2.02. The van der Waals surface area contributed by atoms with Crippen molar-refractivity contribution in [2.24, 2.45) is 4.99 Å². The van der Waals surface area contributed by atoms with E-state index in [0.29, 0.717) is 5.56 Å². The number of guanidine groups is 1. The first-order valence-corrected chi connectivity index (χ1v) is 9.97. The van der Waals surface area contributed by atoms with E-state index in [4.69, 9.17) is 0 Å².